The van der Waals surface area contributed by atoms with Gasteiger partial charge in [-0.15, -0.1) is 11.3 Å². The molecule has 5 aromatic rings. The summed E-state index contributed by atoms with van der Waals surface area (Å²) in [6, 6.07) is 16.9. The summed E-state index contributed by atoms with van der Waals surface area (Å²) in [5.74, 6) is -0.916. The minimum Gasteiger partial charge on any atom is -0.308 e. The van der Waals surface area contributed by atoms with Crippen molar-refractivity contribution in [2.75, 3.05) is 16.8 Å². The van der Waals surface area contributed by atoms with Gasteiger partial charge in [-0.2, -0.15) is 0 Å². The number of nitrogens with zero attached hydrogens (tertiary/aromatic N) is 4. The molecule has 0 radical (unpaired) electrons. The van der Waals surface area contributed by atoms with Crippen molar-refractivity contribution in [2.45, 2.75) is 33.1 Å². The number of amides is 2. The van der Waals surface area contributed by atoms with Crippen LogP contribution < -0.4 is 10.2 Å². The summed E-state index contributed by atoms with van der Waals surface area (Å²) in [7, 11) is 0. The van der Waals surface area contributed by atoms with E-state index in [2.05, 4.69) is 24.1 Å². The van der Waals surface area contributed by atoms with E-state index in [1.54, 1.807) is 29.2 Å². The average Bonchev–Trinajstić information content (AvgIpc) is 3.62. The van der Waals surface area contributed by atoms with Crippen molar-refractivity contribution < 1.29 is 14.0 Å². The van der Waals surface area contributed by atoms with E-state index in [9.17, 15) is 14.0 Å². The van der Waals surface area contributed by atoms with Crippen LogP contribution in [0.4, 0.5) is 15.2 Å². The molecular formula is C31H26FN5O2S. The molecule has 9 heteroatoms. The highest BCUT2D eigenvalue weighted by molar-refractivity contribution is 7.14. The number of halogens is 1. The second-order valence-corrected chi connectivity index (χ2v) is 10.4. The molecule has 2 aromatic heterocycles. The lowest BCUT2D eigenvalue weighted by Gasteiger charge is -2.17. The number of fused-ring (bicyclic) bond motifs is 2. The van der Waals surface area contributed by atoms with Crippen molar-refractivity contribution >= 4 is 45.0 Å². The zero-order valence-corrected chi connectivity index (χ0v) is 22.9. The van der Waals surface area contributed by atoms with E-state index >= 15 is 0 Å². The van der Waals surface area contributed by atoms with Crippen LogP contribution in [0.1, 0.15) is 51.5 Å². The maximum atomic E-state index is 13.6. The van der Waals surface area contributed by atoms with Gasteiger partial charge in [0.15, 0.2) is 5.13 Å². The van der Waals surface area contributed by atoms with Gasteiger partial charge in [-0.05, 0) is 73.4 Å². The summed E-state index contributed by atoms with van der Waals surface area (Å²) in [4.78, 5) is 41.7. The third-order valence-electron chi connectivity index (χ3n) is 7.06. The van der Waals surface area contributed by atoms with Gasteiger partial charge in [-0.1, -0.05) is 26.0 Å². The molecule has 0 spiro atoms. The van der Waals surface area contributed by atoms with Crippen molar-refractivity contribution in [3.8, 4) is 11.3 Å². The molecule has 200 valence electrons. The van der Waals surface area contributed by atoms with Gasteiger partial charge in [-0.25, -0.2) is 19.3 Å². The highest BCUT2D eigenvalue weighted by atomic mass is 32.1. The second-order valence-electron chi connectivity index (χ2n) is 9.58. The van der Waals surface area contributed by atoms with Gasteiger partial charge in [0.1, 0.15) is 5.82 Å². The van der Waals surface area contributed by atoms with E-state index in [1.807, 2.05) is 29.6 Å². The largest absolute Gasteiger partial charge is 0.308 e. The molecule has 3 aromatic carbocycles. The minimum atomic E-state index is -0.433. The zero-order chi connectivity index (χ0) is 27.8. The molecule has 6 rings (SSSR count). The van der Waals surface area contributed by atoms with Gasteiger partial charge in [0, 0.05) is 34.3 Å². The fourth-order valence-electron chi connectivity index (χ4n) is 5.02. The highest BCUT2D eigenvalue weighted by Crippen LogP contribution is 2.34. The van der Waals surface area contributed by atoms with Gasteiger partial charge in [0.2, 0.25) is 0 Å². The van der Waals surface area contributed by atoms with Gasteiger partial charge in [0.05, 0.1) is 28.1 Å². The molecule has 0 atom stereocenters. The van der Waals surface area contributed by atoms with E-state index in [4.69, 9.17) is 9.97 Å². The Hall–Kier alpha value is -4.50. The number of hydrogen-bond donors (Lipinski definition) is 1. The molecule has 1 aliphatic rings. The summed E-state index contributed by atoms with van der Waals surface area (Å²) in [5.41, 5.74) is 7.70. The fraction of sp³-hybridized carbons (Fsp3) is 0.194. The predicted molar refractivity (Wildman–Crippen MR) is 156 cm³/mol. The molecule has 0 aliphatic carbocycles. The lowest BCUT2D eigenvalue weighted by atomic mass is 10.1. The lowest BCUT2D eigenvalue weighted by molar-refractivity contribution is 0.0987. The summed E-state index contributed by atoms with van der Waals surface area (Å²) in [6.07, 6.45) is 2.30. The first-order valence-corrected chi connectivity index (χ1v) is 14.1. The molecule has 0 saturated heterocycles. The van der Waals surface area contributed by atoms with Gasteiger partial charge in [-0.3, -0.25) is 14.9 Å². The first-order valence-electron chi connectivity index (χ1n) is 13.2. The Morgan fingerprint density at radius 1 is 0.925 bits per heavy atom. The Kier molecular flexibility index (Phi) is 6.81. The Morgan fingerprint density at radius 3 is 2.50 bits per heavy atom. The van der Waals surface area contributed by atoms with E-state index < -0.39 is 5.82 Å². The van der Waals surface area contributed by atoms with E-state index in [-0.39, 0.29) is 11.8 Å². The van der Waals surface area contributed by atoms with Crippen molar-refractivity contribution in [3.63, 3.8) is 0 Å². The molecule has 3 heterocycles. The molecular weight excluding hydrogens is 525 g/mol. The number of aryl methyl sites for hydroxylation is 2. The zero-order valence-electron chi connectivity index (χ0n) is 22.1. The minimum absolute atomic E-state index is 0.221. The summed E-state index contributed by atoms with van der Waals surface area (Å²) in [5, 5.41) is 5.29. The number of aromatic nitrogens is 3. The quantitative estimate of drug-likeness (QED) is 0.261. The smallest absolute Gasteiger partial charge is 0.258 e. The number of nitrogens with one attached hydrogen (secondary N) is 1. The van der Waals surface area contributed by atoms with Crippen LogP contribution in [-0.2, 0) is 19.3 Å². The molecule has 0 unspecified atom stereocenters. The van der Waals surface area contributed by atoms with Crippen LogP contribution in [0.2, 0.25) is 0 Å². The fourth-order valence-corrected chi connectivity index (χ4v) is 5.73. The second kappa shape index (κ2) is 10.6. The number of rotatable bonds is 6. The van der Waals surface area contributed by atoms with E-state index in [0.29, 0.717) is 34.7 Å². The summed E-state index contributed by atoms with van der Waals surface area (Å²) < 4.78 is 13.6. The molecule has 1 N–H and O–H groups in total. The van der Waals surface area contributed by atoms with Crippen LogP contribution >= 0.6 is 11.3 Å². The Balaban J connectivity index is 1.18. The Morgan fingerprint density at radius 2 is 1.73 bits per heavy atom. The van der Waals surface area contributed by atoms with Gasteiger partial charge in [0.25, 0.3) is 11.8 Å². The molecule has 40 heavy (non-hydrogen) atoms. The predicted octanol–water partition coefficient (Wildman–Crippen LogP) is 6.47. The Bertz CT molecular complexity index is 1780. The standard InChI is InChI=1S/C31H26FN5O2S/c1-3-23-24(4-2)34-26-16-20(8-10-25(26)33-23)29(38)36-31-35-27(17-40-31)18-9-11-28-19(14-18)12-13-37(28)30(39)21-6-5-7-22(32)15-21/h5-11,14-17H,3-4,12-13H2,1-2H3,(H,35,36,38). The molecule has 0 saturated carbocycles. The Labute approximate surface area is 234 Å². The van der Waals surface area contributed by atoms with Crippen molar-refractivity contribution in [2.24, 2.45) is 0 Å². The van der Waals surface area contributed by atoms with Gasteiger partial charge >= 0.3 is 0 Å². The maximum absolute atomic E-state index is 13.6. The number of thiazole rings is 1. The van der Waals surface area contributed by atoms with Crippen molar-refractivity contribution in [1.82, 2.24) is 15.0 Å². The normalized spacial score (nSPS) is 12.5. The topological polar surface area (TPSA) is 88.1 Å². The van der Waals surface area contributed by atoms with Crippen LogP contribution in [0.3, 0.4) is 0 Å². The van der Waals surface area contributed by atoms with Crippen molar-refractivity contribution in [3.05, 3.63) is 99.9 Å². The third-order valence-corrected chi connectivity index (χ3v) is 7.82. The molecule has 7 nitrogen and oxygen atoms in total. The van der Waals surface area contributed by atoms with Crippen LogP contribution in [0.5, 0.6) is 0 Å². The highest BCUT2D eigenvalue weighted by Gasteiger charge is 2.26. The summed E-state index contributed by atoms with van der Waals surface area (Å²) in [6.45, 7) is 4.64. The van der Waals surface area contributed by atoms with E-state index in [0.717, 1.165) is 52.3 Å². The first-order chi connectivity index (χ1) is 19.4. The third kappa shape index (κ3) is 4.84. The lowest BCUT2D eigenvalue weighted by Crippen LogP contribution is -2.28. The van der Waals surface area contributed by atoms with Crippen LogP contribution in [0, 0.1) is 5.82 Å². The van der Waals surface area contributed by atoms with E-state index in [1.165, 1.54) is 23.5 Å². The molecule has 0 fully saturated rings. The first kappa shape index (κ1) is 25.8. The van der Waals surface area contributed by atoms with Crippen LogP contribution in [0.25, 0.3) is 22.3 Å². The number of anilines is 2. The number of hydrogen-bond acceptors (Lipinski definition) is 6. The average molecular weight is 552 g/mol. The number of carbonyl (C=O) groups excluding carboxylic acids is 2. The number of benzene rings is 3. The maximum Gasteiger partial charge on any atom is 0.258 e. The molecule has 1 aliphatic heterocycles. The monoisotopic (exact) mass is 551 g/mol. The number of carbonyl (C=O) groups is 2. The van der Waals surface area contributed by atoms with Crippen LogP contribution in [-0.4, -0.2) is 33.3 Å². The van der Waals surface area contributed by atoms with Crippen LogP contribution in [0.15, 0.2) is 66.0 Å². The molecule has 0 bridgehead atoms. The van der Waals surface area contributed by atoms with Gasteiger partial charge < -0.3 is 4.90 Å². The molecule has 2 amide bonds. The SMILES string of the molecule is CCc1nc2ccc(C(=O)Nc3nc(-c4ccc5c(c4)CCN5C(=O)c4cccc(F)c4)cs3)cc2nc1CC. The summed E-state index contributed by atoms with van der Waals surface area (Å²) >= 11 is 1.35. The van der Waals surface area contributed by atoms with Crippen molar-refractivity contribution in [1.29, 1.82) is 0 Å².